The molecule has 0 saturated carbocycles. The fourth-order valence-electron chi connectivity index (χ4n) is 0.920. The molecule has 82 valence electrons. The van der Waals surface area contributed by atoms with Crippen molar-refractivity contribution in [2.45, 2.75) is 5.44 Å². The average Bonchev–Trinajstić information content (AvgIpc) is 2.14. The van der Waals surface area contributed by atoms with Crippen molar-refractivity contribution in [1.29, 1.82) is 0 Å². The van der Waals surface area contributed by atoms with Crippen LogP contribution in [-0.2, 0) is 10.1 Å². The molecule has 0 aliphatic carbocycles. The van der Waals surface area contributed by atoms with Crippen molar-refractivity contribution in [1.82, 2.24) is 0 Å². The third-order valence-corrected chi connectivity index (χ3v) is 2.89. The second kappa shape index (κ2) is 4.40. The highest BCUT2D eigenvalue weighted by Gasteiger charge is 2.29. The van der Waals surface area contributed by atoms with E-state index in [1.54, 1.807) is 6.07 Å². The minimum Gasteiger partial charge on any atom is -0.369 e. The van der Waals surface area contributed by atoms with Crippen molar-refractivity contribution in [3.63, 3.8) is 0 Å². The Hall–Kier alpha value is -0.760. The zero-order valence-electron chi connectivity index (χ0n) is 7.29. The highest BCUT2D eigenvalue weighted by Crippen LogP contribution is 2.14. The van der Waals surface area contributed by atoms with Crippen molar-refractivity contribution >= 4 is 31.8 Å². The van der Waals surface area contributed by atoms with Crippen LogP contribution in [0.25, 0.3) is 0 Å². The Balaban J connectivity index is 3.06. The van der Waals surface area contributed by atoms with Gasteiger partial charge in [0.2, 0.25) is 11.2 Å². The summed E-state index contributed by atoms with van der Waals surface area (Å²) in [6, 6.07) is 5.82. The number of rotatable bonds is 3. The highest BCUT2D eigenvalue weighted by molar-refractivity contribution is 9.10. The Kier molecular flexibility index (Phi) is 3.61. The van der Waals surface area contributed by atoms with Crippen molar-refractivity contribution in [2.75, 3.05) is 0 Å². The molecule has 0 aliphatic heterocycles. The van der Waals surface area contributed by atoms with E-state index in [0.29, 0.717) is 4.47 Å². The minimum absolute atomic E-state index is 0.00509. The highest BCUT2D eigenvalue weighted by atomic mass is 79.9. The molecule has 1 rings (SSSR count). The first-order valence-electron chi connectivity index (χ1n) is 3.76. The van der Waals surface area contributed by atoms with Crippen LogP contribution in [0.3, 0.4) is 0 Å². The molecule has 1 aromatic rings. The van der Waals surface area contributed by atoms with Gasteiger partial charge in [-0.3, -0.25) is 9.35 Å². The van der Waals surface area contributed by atoms with Gasteiger partial charge in [-0.2, -0.15) is 8.42 Å². The Morgan fingerprint density at radius 2 is 2.00 bits per heavy atom. The second-order valence-electron chi connectivity index (χ2n) is 2.74. The fourth-order valence-corrected chi connectivity index (χ4v) is 1.73. The van der Waals surface area contributed by atoms with Gasteiger partial charge in [0.25, 0.3) is 10.1 Å². The Labute approximate surface area is 94.6 Å². The fraction of sp³-hybridized carbons (Fsp3) is 0.125. The van der Waals surface area contributed by atoms with Crippen LogP contribution >= 0.6 is 15.9 Å². The first-order valence-corrected chi connectivity index (χ1v) is 6.06. The smallest absolute Gasteiger partial charge is 0.299 e. The summed E-state index contributed by atoms with van der Waals surface area (Å²) in [6.07, 6.45) is 0. The van der Waals surface area contributed by atoms with Gasteiger partial charge in [0.05, 0.1) is 0 Å². The number of carbonyl (C=O) groups excluding carboxylic acids is 1. The Morgan fingerprint density at radius 3 is 2.47 bits per heavy atom. The summed E-state index contributed by atoms with van der Waals surface area (Å²) < 4.78 is 30.1. The van der Waals surface area contributed by atoms with Crippen LogP contribution < -0.4 is 0 Å². The third-order valence-electron chi connectivity index (χ3n) is 1.62. The lowest BCUT2D eigenvalue weighted by Crippen LogP contribution is -2.29. The summed E-state index contributed by atoms with van der Waals surface area (Å²) in [5, 5.41) is 9.00. The van der Waals surface area contributed by atoms with E-state index >= 15 is 0 Å². The van der Waals surface area contributed by atoms with Crippen LogP contribution in [0.5, 0.6) is 0 Å². The molecule has 5 nitrogen and oxygen atoms in total. The van der Waals surface area contributed by atoms with Gasteiger partial charge in [0, 0.05) is 10.0 Å². The zero-order valence-corrected chi connectivity index (χ0v) is 9.69. The van der Waals surface area contributed by atoms with Gasteiger partial charge in [-0.1, -0.05) is 28.1 Å². The SMILES string of the molecule is O=C(c1cccc(Br)c1)C(O)S(=O)(=O)O. The maximum atomic E-state index is 11.3. The quantitative estimate of drug-likeness (QED) is 0.637. The van der Waals surface area contributed by atoms with E-state index < -0.39 is 21.3 Å². The number of halogens is 1. The number of aliphatic hydroxyl groups excluding tert-OH is 1. The number of Topliss-reactive ketones (excluding diaryl/α,β-unsaturated/α-hetero) is 1. The lowest BCUT2D eigenvalue weighted by Gasteiger charge is -2.06. The number of aliphatic hydroxyl groups is 1. The molecule has 0 aromatic heterocycles. The molecule has 0 bridgehead atoms. The van der Waals surface area contributed by atoms with Crippen molar-refractivity contribution in [3.05, 3.63) is 34.3 Å². The summed E-state index contributed by atoms with van der Waals surface area (Å²) in [7, 11) is -4.77. The summed E-state index contributed by atoms with van der Waals surface area (Å²) in [5.41, 5.74) is -2.44. The molecule has 0 heterocycles. The lowest BCUT2D eigenvalue weighted by molar-refractivity contribution is 0.0848. The van der Waals surface area contributed by atoms with Crippen LogP contribution in [0.4, 0.5) is 0 Å². The largest absolute Gasteiger partial charge is 0.369 e. The summed E-state index contributed by atoms with van der Waals surface area (Å²) in [5.74, 6) is -1.07. The predicted octanol–water partition coefficient (Wildman–Crippen LogP) is 0.838. The molecule has 0 aliphatic rings. The number of hydrogen-bond donors (Lipinski definition) is 2. The molecule has 0 fully saturated rings. The monoisotopic (exact) mass is 294 g/mol. The van der Waals surface area contributed by atoms with Gasteiger partial charge in [0.1, 0.15) is 0 Å². The topological polar surface area (TPSA) is 91.7 Å². The van der Waals surface area contributed by atoms with Gasteiger partial charge in [-0.25, -0.2) is 0 Å². The van der Waals surface area contributed by atoms with E-state index in [1.165, 1.54) is 18.2 Å². The maximum Gasteiger partial charge on any atom is 0.299 e. The standard InChI is InChI=1S/C8H7BrO5S/c9-6-3-1-2-5(4-6)7(10)8(11)15(12,13)14/h1-4,8,11H,(H,12,13,14). The molecule has 0 spiro atoms. The second-order valence-corrected chi connectivity index (χ2v) is 5.13. The van der Waals surface area contributed by atoms with Crippen LogP contribution in [0.15, 0.2) is 28.7 Å². The van der Waals surface area contributed by atoms with Crippen molar-refractivity contribution in [3.8, 4) is 0 Å². The molecule has 0 saturated heterocycles. The van der Waals surface area contributed by atoms with Gasteiger partial charge in [-0.05, 0) is 12.1 Å². The molecule has 0 amide bonds. The number of ketones is 1. The molecule has 1 unspecified atom stereocenters. The first-order chi connectivity index (χ1) is 6.82. The molecule has 1 atom stereocenters. The lowest BCUT2D eigenvalue weighted by atomic mass is 10.1. The zero-order chi connectivity index (χ0) is 11.6. The number of carbonyl (C=O) groups is 1. The van der Waals surface area contributed by atoms with Gasteiger partial charge in [-0.15, -0.1) is 0 Å². The van der Waals surface area contributed by atoms with E-state index in [0.717, 1.165) is 0 Å². The number of benzene rings is 1. The summed E-state index contributed by atoms with van der Waals surface area (Å²) >= 11 is 3.08. The summed E-state index contributed by atoms with van der Waals surface area (Å²) in [4.78, 5) is 11.3. The Bertz CT molecular complexity index is 482. The van der Waals surface area contributed by atoms with E-state index in [1.807, 2.05) is 0 Å². The van der Waals surface area contributed by atoms with Crippen molar-refractivity contribution in [2.24, 2.45) is 0 Å². The van der Waals surface area contributed by atoms with Gasteiger partial charge < -0.3 is 5.11 Å². The number of hydrogen-bond acceptors (Lipinski definition) is 4. The van der Waals surface area contributed by atoms with Crippen LogP contribution in [0.2, 0.25) is 0 Å². The third kappa shape index (κ3) is 3.10. The first kappa shape index (κ1) is 12.3. The van der Waals surface area contributed by atoms with Crippen LogP contribution in [-0.4, -0.2) is 29.3 Å². The molecular formula is C8H7BrO5S. The molecule has 7 heteroatoms. The van der Waals surface area contributed by atoms with E-state index in [2.05, 4.69) is 15.9 Å². The maximum absolute atomic E-state index is 11.3. The minimum atomic E-state index is -4.77. The molecule has 15 heavy (non-hydrogen) atoms. The van der Waals surface area contributed by atoms with Crippen LogP contribution in [0.1, 0.15) is 10.4 Å². The van der Waals surface area contributed by atoms with Gasteiger partial charge in [0.15, 0.2) is 0 Å². The van der Waals surface area contributed by atoms with Crippen LogP contribution in [0, 0.1) is 0 Å². The molecule has 2 N–H and O–H groups in total. The molecule has 0 radical (unpaired) electrons. The normalized spacial score (nSPS) is 13.5. The summed E-state index contributed by atoms with van der Waals surface area (Å²) in [6.45, 7) is 0. The molecular weight excluding hydrogens is 288 g/mol. The predicted molar refractivity (Wildman–Crippen MR) is 56.0 cm³/mol. The average molecular weight is 295 g/mol. The molecule has 1 aromatic carbocycles. The van der Waals surface area contributed by atoms with E-state index in [4.69, 9.17) is 9.66 Å². The Morgan fingerprint density at radius 1 is 1.40 bits per heavy atom. The van der Waals surface area contributed by atoms with E-state index in [9.17, 15) is 13.2 Å². The van der Waals surface area contributed by atoms with E-state index in [-0.39, 0.29) is 5.56 Å². The van der Waals surface area contributed by atoms with Gasteiger partial charge >= 0.3 is 0 Å². The van der Waals surface area contributed by atoms with Crippen molar-refractivity contribution < 1.29 is 22.9 Å².